The third-order valence-electron chi connectivity index (χ3n) is 5.00. The van der Waals surface area contributed by atoms with Crippen LogP contribution in [-0.4, -0.2) is 40.6 Å². The van der Waals surface area contributed by atoms with E-state index in [0.717, 1.165) is 9.87 Å². The summed E-state index contributed by atoms with van der Waals surface area (Å²) in [5.74, 6) is -0.692. The summed E-state index contributed by atoms with van der Waals surface area (Å²) >= 11 is 6.23. The number of nitrogens with zero attached hydrogens (tertiary/aromatic N) is 1. The van der Waals surface area contributed by atoms with Gasteiger partial charge in [0.2, 0.25) is 5.91 Å². The summed E-state index contributed by atoms with van der Waals surface area (Å²) in [5, 5.41) is 2.85. The highest BCUT2D eigenvalue weighted by atomic mass is 35.5. The zero-order chi connectivity index (χ0) is 25.6. The molecule has 0 aromatic heterocycles. The minimum atomic E-state index is -4.11. The number of nitrogens with one attached hydrogen (secondary N) is 1. The summed E-state index contributed by atoms with van der Waals surface area (Å²) in [6.07, 6.45) is 0. The lowest BCUT2D eigenvalue weighted by Gasteiger charge is -2.24. The number of halogens is 1. The van der Waals surface area contributed by atoms with Crippen LogP contribution >= 0.6 is 11.6 Å². The number of methoxy groups -OCH3 is 1. The number of rotatable bonds is 9. The van der Waals surface area contributed by atoms with Crippen LogP contribution < -0.4 is 14.4 Å². The topological polar surface area (TPSA) is 102 Å². The number of hydrogen-bond acceptors (Lipinski definition) is 6. The molecule has 0 spiro atoms. The predicted octanol–water partition coefficient (Wildman–Crippen LogP) is 4.67. The molecule has 8 nitrogen and oxygen atoms in total. The summed E-state index contributed by atoms with van der Waals surface area (Å²) in [6, 6.07) is 16.9. The summed E-state index contributed by atoms with van der Waals surface area (Å²) in [5.41, 5.74) is 1.82. The van der Waals surface area contributed by atoms with Crippen LogP contribution in [0.3, 0.4) is 0 Å². The van der Waals surface area contributed by atoms with E-state index in [2.05, 4.69) is 5.32 Å². The zero-order valence-corrected chi connectivity index (χ0v) is 21.0. The Hall–Kier alpha value is -3.56. The molecule has 0 atom stereocenters. The number of benzene rings is 3. The number of ether oxygens (including phenoxy) is 2. The molecule has 1 N–H and O–H groups in total. The van der Waals surface area contributed by atoms with Gasteiger partial charge in [0.25, 0.3) is 10.0 Å². The average Bonchev–Trinajstić information content (AvgIpc) is 2.83. The normalized spacial score (nSPS) is 11.0. The van der Waals surface area contributed by atoms with Gasteiger partial charge in [-0.2, -0.15) is 0 Å². The highest BCUT2D eigenvalue weighted by Gasteiger charge is 2.28. The van der Waals surface area contributed by atoms with Crippen LogP contribution in [0.25, 0.3) is 0 Å². The number of sulfonamides is 1. The molecular weight excluding hydrogens is 492 g/mol. The molecule has 184 valence electrons. The molecule has 3 aromatic rings. The van der Waals surface area contributed by atoms with Crippen molar-refractivity contribution in [3.63, 3.8) is 0 Å². The highest BCUT2D eigenvalue weighted by molar-refractivity contribution is 7.92. The predicted molar refractivity (Wildman–Crippen MR) is 135 cm³/mol. The van der Waals surface area contributed by atoms with Gasteiger partial charge in [-0.3, -0.25) is 9.10 Å². The fourth-order valence-corrected chi connectivity index (χ4v) is 4.86. The Kier molecular flexibility index (Phi) is 8.37. The number of amides is 1. The van der Waals surface area contributed by atoms with Crippen molar-refractivity contribution in [1.82, 2.24) is 0 Å². The quantitative estimate of drug-likeness (QED) is 0.415. The van der Waals surface area contributed by atoms with E-state index in [9.17, 15) is 18.0 Å². The first-order chi connectivity index (χ1) is 16.6. The molecule has 0 bridgehead atoms. The molecule has 0 heterocycles. The fourth-order valence-electron chi connectivity index (χ4n) is 3.20. The van der Waals surface area contributed by atoms with Gasteiger partial charge in [-0.15, -0.1) is 0 Å². The van der Waals surface area contributed by atoms with Crippen LogP contribution in [0.4, 0.5) is 11.4 Å². The van der Waals surface area contributed by atoms with E-state index in [0.29, 0.717) is 17.0 Å². The molecule has 0 fully saturated rings. The Morgan fingerprint density at radius 2 is 1.66 bits per heavy atom. The molecule has 0 unspecified atom stereocenters. The van der Waals surface area contributed by atoms with Crippen molar-refractivity contribution >= 4 is 44.9 Å². The van der Waals surface area contributed by atoms with Crippen molar-refractivity contribution in [2.24, 2.45) is 0 Å². The maximum atomic E-state index is 13.5. The van der Waals surface area contributed by atoms with Crippen molar-refractivity contribution in [3.8, 4) is 5.75 Å². The van der Waals surface area contributed by atoms with Gasteiger partial charge >= 0.3 is 5.97 Å². The van der Waals surface area contributed by atoms with E-state index in [1.165, 1.54) is 61.7 Å². The molecule has 0 saturated heterocycles. The van der Waals surface area contributed by atoms with Gasteiger partial charge in [0.15, 0.2) is 0 Å². The standard InChI is InChI=1S/C25H25ClN2O6S/c1-4-34-25(30)18-7-9-19(10-8-18)27-24(29)16-28(20-11-14-23(33-3)22(26)15-20)35(31,32)21-12-5-17(2)6-13-21/h5-15H,4,16H2,1-3H3,(H,27,29). The molecule has 0 aliphatic heterocycles. The Balaban J connectivity index is 1.89. The molecule has 3 rings (SSSR count). The van der Waals surface area contributed by atoms with Crippen LogP contribution in [0, 0.1) is 6.92 Å². The Morgan fingerprint density at radius 1 is 1.00 bits per heavy atom. The van der Waals surface area contributed by atoms with E-state index in [4.69, 9.17) is 21.1 Å². The van der Waals surface area contributed by atoms with Crippen LogP contribution in [0.5, 0.6) is 5.75 Å². The number of carbonyl (C=O) groups is 2. The molecule has 0 saturated carbocycles. The Bertz CT molecular complexity index is 1310. The van der Waals surface area contributed by atoms with E-state index in [1.807, 2.05) is 6.92 Å². The summed E-state index contributed by atoms with van der Waals surface area (Å²) < 4.78 is 38.1. The first-order valence-corrected chi connectivity index (χ1v) is 12.5. The van der Waals surface area contributed by atoms with Crippen LogP contribution in [0.15, 0.2) is 71.6 Å². The summed E-state index contributed by atoms with van der Waals surface area (Å²) in [4.78, 5) is 24.7. The smallest absolute Gasteiger partial charge is 0.338 e. The zero-order valence-electron chi connectivity index (χ0n) is 19.4. The lowest BCUT2D eigenvalue weighted by Crippen LogP contribution is -2.38. The lowest BCUT2D eigenvalue weighted by atomic mass is 10.2. The second-order valence-electron chi connectivity index (χ2n) is 7.49. The van der Waals surface area contributed by atoms with Crippen molar-refractivity contribution in [3.05, 3.63) is 82.9 Å². The lowest BCUT2D eigenvalue weighted by molar-refractivity contribution is -0.114. The number of hydrogen-bond donors (Lipinski definition) is 1. The maximum Gasteiger partial charge on any atom is 0.338 e. The van der Waals surface area contributed by atoms with E-state index < -0.39 is 28.4 Å². The highest BCUT2D eigenvalue weighted by Crippen LogP contribution is 2.32. The minimum absolute atomic E-state index is 0.0293. The van der Waals surface area contributed by atoms with E-state index in [-0.39, 0.29) is 22.2 Å². The largest absolute Gasteiger partial charge is 0.495 e. The van der Waals surface area contributed by atoms with Gasteiger partial charge in [0, 0.05) is 5.69 Å². The van der Waals surface area contributed by atoms with Crippen LogP contribution in [-0.2, 0) is 19.6 Å². The second kappa shape index (κ2) is 11.2. The number of esters is 1. The number of carbonyl (C=O) groups excluding carboxylic acids is 2. The molecule has 1 amide bonds. The average molecular weight is 517 g/mol. The summed E-state index contributed by atoms with van der Waals surface area (Å²) in [6.45, 7) is 3.29. The molecular formula is C25H25ClN2O6S. The summed E-state index contributed by atoms with van der Waals surface area (Å²) in [7, 11) is -2.66. The number of aryl methyl sites for hydroxylation is 1. The second-order valence-corrected chi connectivity index (χ2v) is 9.76. The maximum absolute atomic E-state index is 13.5. The fraction of sp³-hybridized carbons (Fsp3) is 0.200. The van der Waals surface area contributed by atoms with Crippen molar-refractivity contribution in [2.75, 3.05) is 29.9 Å². The molecule has 0 aliphatic rings. The molecule has 0 aliphatic carbocycles. The first-order valence-electron chi connectivity index (χ1n) is 10.7. The first kappa shape index (κ1) is 26.1. The number of anilines is 2. The van der Waals surface area contributed by atoms with Crippen molar-refractivity contribution < 1.29 is 27.5 Å². The van der Waals surface area contributed by atoms with Crippen molar-refractivity contribution in [2.45, 2.75) is 18.7 Å². The minimum Gasteiger partial charge on any atom is -0.495 e. The van der Waals surface area contributed by atoms with Gasteiger partial charge in [-0.25, -0.2) is 13.2 Å². The van der Waals surface area contributed by atoms with Gasteiger partial charge < -0.3 is 14.8 Å². The Morgan fingerprint density at radius 3 is 2.23 bits per heavy atom. The van der Waals surface area contributed by atoms with Gasteiger partial charge in [0.05, 0.1) is 34.9 Å². The van der Waals surface area contributed by atoms with E-state index in [1.54, 1.807) is 19.1 Å². The molecule has 3 aromatic carbocycles. The molecule has 35 heavy (non-hydrogen) atoms. The Labute approximate surface area is 209 Å². The molecule has 10 heteroatoms. The SMILES string of the molecule is CCOC(=O)c1ccc(NC(=O)CN(c2ccc(OC)c(Cl)c2)S(=O)(=O)c2ccc(C)cc2)cc1. The van der Waals surface area contributed by atoms with Crippen LogP contribution in [0.1, 0.15) is 22.8 Å². The van der Waals surface area contributed by atoms with Crippen molar-refractivity contribution in [1.29, 1.82) is 0 Å². The monoisotopic (exact) mass is 516 g/mol. The van der Waals surface area contributed by atoms with Gasteiger partial charge in [-0.05, 0) is 68.4 Å². The van der Waals surface area contributed by atoms with Crippen LogP contribution in [0.2, 0.25) is 5.02 Å². The van der Waals surface area contributed by atoms with E-state index >= 15 is 0 Å². The third kappa shape index (κ3) is 6.32. The van der Waals surface area contributed by atoms with Gasteiger partial charge in [-0.1, -0.05) is 29.3 Å². The third-order valence-corrected chi connectivity index (χ3v) is 7.08. The molecule has 0 radical (unpaired) electrons. The van der Waals surface area contributed by atoms with Gasteiger partial charge in [0.1, 0.15) is 12.3 Å².